The van der Waals surface area contributed by atoms with Crippen LogP contribution < -0.4 is 0 Å². The Hall–Kier alpha value is -0.120. The van der Waals surface area contributed by atoms with Crippen LogP contribution in [0.25, 0.3) is 0 Å². The van der Waals surface area contributed by atoms with E-state index in [2.05, 4.69) is 0 Å². The summed E-state index contributed by atoms with van der Waals surface area (Å²) >= 11 is 0. The van der Waals surface area contributed by atoms with Crippen molar-refractivity contribution < 1.29 is 14.6 Å². The SMILES string of the molecule is COC(C)(C)CC(O)CCC1CCCO1. The first-order chi connectivity index (χ1) is 7.03. The molecule has 0 saturated carbocycles. The highest BCUT2D eigenvalue weighted by Crippen LogP contribution is 2.22. The zero-order chi connectivity index (χ0) is 11.3. The molecule has 0 radical (unpaired) electrons. The molecule has 1 saturated heterocycles. The van der Waals surface area contributed by atoms with Crippen molar-refractivity contribution in [1.82, 2.24) is 0 Å². The van der Waals surface area contributed by atoms with E-state index in [0.29, 0.717) is 12.5 Å². The molecule has 1 aliphatic heterocycles. The summed E-state index contributed by atoms with van der Waals surface area (Å²) in [7, 11) is 1.69. The Balaban J connectivity index is 2.15. The predicted octanol–water partition coefficient (Wildman–Crippen LogP) is 2.12. The number of aliphatic hydroxyl groups excluding tert-OH is 1. The van der Waals surface area contributed by atoms with Gasteiger partial charge in [-0.15, -0.1) is 0 Å². The molecule has 0 spiro atoms. The van der Waals surface area contributed by atoms with E-state index in [0.717, 1.165) is 25.9 Å². The molecule has 0 aromatic carbocycles. The monoisotopic (exact) mass is 216 g/mol. The maximum absolute atomic E-state index is 9.84. The number of hydrogen-bond acceptors (Lipinski definition) is 3. The van der Waals surface area contributed by atoms with Gasteiger partial charge >= 0.3 is 0 Å². The number of aliphatic hydroxyl groups is 1. The van der Waals surface area contributed by atoms with Crippen molar-refractivity contribution in [2.75, 3.05) is 13.7 Å². The summed E-state index contributed by atoms with van der Waals surface area (Å²) in [4.78, 5) is 0. The fraction of sp³-hybridized carbons (Fsp3) is 1.00. The van der Waals surface area contributed by atoms with Crippen LogP contribution in [0.1, 0.15) is 46.0 Å². The Labute approximate surface area is 92.8 Å². The van der Waals surface area contributed by atoms with Gasteiger partial charge in [0.25, 0.3) is 0 Å². The van der Waals surface area contributed by atoms with Crippen LogP contribution in [0.15, 0.2) is 0 Å². The summed E-state index contributed by atoms with van der Waals surface area (Å²) in [5.41, 5.74) is -0.226. The molecule has 90 valence electrons. The maximum atomic E-state index is 9.84. The van der Waals surface area contributed by atoms with Crippen molar-refractivity contribution >= 4 is 0 Å². The predicted molar refractivity (Wildman–Crippen MR) is 59.9 cm³/mol. The zero-order valence-electron chi connectivity index (χ0n) is 10.2. The fourth-order valence-electron chi connectivity index (χ4n) is 2.00. The van der Waals surface area contributed by atoms with Gasteiger partial charge in [0.1, 0.15) is 0 Å². The fourth-order valence-corrected chi connectivity index (χ4v) is 2.00. The van der Waals surface area contributed by atoms with Crippen LogP contribution in [-0.2, 0) is 9.47 Å². The van der Waals surface area contributed by atoms with Crippen LogP contribution in [0, 0.1) is 0 Å². The minimum atomic E-state index is -0.274. The topological polar surface area (TPSA) is 38.7 Å². The second-order valence-corrected chi connectivity index (χ2v) is 5.03. The van der Waals surface area contributed by atoms with Crippen molar-refractivity contribution in [2.45, 2.75) is 63.8 Å². The van der Waals surface area contributed by atoms with E-state index in [9.17, 15) is 5.11 Å². The van der Waals surface area contributed by atoms with Crippen LogP contribution >= 0.6 is 0 Å². The third kappa shape index (κ3) is 4.96. The Morgan fingerprint density at radius 1 is 1.53 bits per heavy atom. The molecular weight excluding hydrogens is 192 g/mol. The van der Waals surface area contributed by atoms with E-state index in [1.165, 1.54) is 6.42 Å². The Bertz CT molecular complexity index is 174. The lowest BCUT2D eigenvalue weighted by Crippen LogP contribution is -2.29. The summed E-state index contributed by atoms with van der Waals surface area (Å²) in [6.45, 7) is 4.90. The van der Waals surface area contributed by atoms with Crippen molar-refractivity contribution in [3.8, 4) is 0 Å². The van der Waals surface area contributed by atoms with Crippen molar-refractivity contribution in [1.29, 1.82) is 0 Å². The van der Waals surface area contributed by atoms with Gasteiger partial charge in [0, 0.05) is 20.1 Å². The normalized spacial score (nSPS) is 24.4. The van der Waals surface area contributed by atoms with Crippen LogP contribution in [0.4, 0.5) is 0 Å². The van der Waals surface area contributed by atoms with E-state index in [1.54, 1.807) is 7.11 Å². The molecule has 3 nitrogen and oxygen atoms in total. The molecule has 0 amide bonds. The number of ether oxygens (including phenoxy) is 2. The summed E-state index contributed by atoms with van der Waals surface area (Å²) in [5.74, 6) is 0. The molecule has 3 heteroatoms. The van der Waals surface area contributed by atoms with Crippen LogP contribution in [-0.4, -0.2) is 36.6 Å². The van der Waals surface area contributed by atoms with Gasteiger partial charge in [-0.25, -0.2) is 0 Å². The van der Waals surface area contributed by atoms with Crippen LogP contribution in [0.5, 0.6) is 0 Å². The van der Waals surface area contributed by atoms with Crippen LogP contribution in [0.2, 0.25) is 0 Å². The Morgan fingerprint density at radius 2 is 2.27 bits per heavy atom. The van der Waals surface area contributed by atoms with Gasteiger partial charge in [-0.2, -0.15) is 0 Å². The van der Waals surface area contributed by atoms with E-state index >= 15 is 0 Å². The second kappa shape index (κ2) is 5.83. The Kier molecular flexibility index (Phi) is 5.03. The molecule has 1 aliphatic rings. The first-order valence-corrected chi connectivity index (χ1v) is 5.88. The lowest BCUT2D eigenvalue weighted by atomic mass is 9.96. The van der Waals surface area contributed by atoms with Gasteiger partial charge in [-0.3, -0.25) is 0 Å². The van der Waals surface area contributed by atoms with E-state index in [1.807, 2.05) is 13.8 Å². The highest BCUT2D eigenvalue weighted by atomic mass is 16.5. The van der Waals surface area contributed by atoms with Gasteiger partial charge in [-0.1, -0.05) is 0 Å². The summed E-state index contributed by atoms with van der Waals surface area (Å²) < 4.78 is 10.8. The Morgan fingerprint density at radius 3 is 2.80 bits per heavy atom. The number of hydrogen-bond donors (Lipinski definition) is 1. The smallest absolute Gasteiger partial charge is 0.0647 e. The molecule has 0 bridgehead atoms. The van der Waals surface area contributed by atoms with Crippen molar-refractivity contribution in [2.24, 2.45) is 0 Å². The molecule has 1 N–H and O–H groups in total. The van der Waals surface area contributed by atoms with Gasteiger partial charge in [0.05, 0.1) is 17.8 Å². The summed E-state index contributed by atoms with van der Waals surface area (Å²) in [5, 5.41) is 9.84. The molecule has 15 heavy (non-hydrogen) atoms. The lowest BCUT2D eigenvalue weighted by Gasteiger charge is -2.26. The summed E-state index contributed by atoms with van der Waals surface area (Å²) in [6, 6.07) is 0. The molecule has 1 fully saturated rings. The highest BCUT2D eigenvalue weighted by Gasteiger charge is 2.23. The van der Waals surface area contributed by atoms with E-state index in [-0.39, 0.29) is 11.7 Å². The largest absolute Gasteiger partial charge is 0.393 e. The molecule has 1 heterocycles. The number of rotatable bonds is 6. The molecule has 0 aromatic rings. The molecule has 2 atom stereocenters. The molecule has 1 rings (SSSR count). The standard InChI is InChI=1S/C12H24O3/c1-12(2,14-3)9-10(13)6-7-11-5-4-8-15-11/h10-11,13H,4-9H2,1-3H3. The molecule has 0 aliphatic carbocycles. The average Bonchev–Trinajstić information content (AvgIpc) is 2.66. The van der Waals surface area contributed by atoms with Crippen molar-refractivity contribution in [3.05, 3.63) is 0 Å². The minimum Gasteiger partial charge on any atom is -0.393 e. The zero-order valence-corrected chi connectivity index (χ0v) is 10.2. The average molecular weight is 216 g/mol. The van der Waals surface area contributed by atoms with Gasteiger partial charge in [-0.05, 0) is 39.5 Å². The second-order valence-electron chi connectivity index (χ2n) is 5.03. The van der Waals surface area contributed by atoms with Gasteiger partial charge in [0.15, 0.2) is 0 Å². The summed E-state index contributed by atoms with van der Waals surface area (Å²) in [6.07, 6.45) is 4.91. The minimum absolute atomic E-state index is 0.226. The first kappa shape index (κ1) is 12.9. The highest BCUT2D eigenvalue weighted by molar-refractivity contribution is 4.75. The van der Waals surface area contributed by atoms with Gasteiger partial charge in [0.2, 0.25) is 0 Å². The van der Waals surface area contributed by atoms with Crippen molar-refractivity contribution in [3.63, 3.8) is 0 Å². The quantitative estimate of drug-likeness (QED) is 0.739. The van der Waals surface area contributed by atoms with Crippen LogP contribution in [0.3, 0.4) is 0 Å². The molecular formula is C12H24O3. The third-order valence-electron chi connectivity index (χ3n) is 3.13. The van der Waals surface area contributed by atoms with Gasteiger partial charge < -0.3 is 14.6 Å². The first-order valence-electron chi connectivity index (χ1n) is 5.88. The third-order valence-corrected chi connectivity index (χ3v) is 3.13. The molecule has 2 unspecified atom stereocenters. The number of methoxy groups -OCH3 is 1. The van der Waals surface area contributed by atoms with E-state index in [4.69, 9.17) is 9.47 Å². The molecule has 0 aromatic heterocycles. The van der Waals surface area contributed by atoms with E-state index < -0.39 is 0 Å². The lowest BCUT2D eigenvalue weighted by molar-refractivity contribution is -0.0246. The maximum Gasteiger partial charge on any atom is 0.0647 e.